The predicted molar refractivity (Wildman–Crippen MR) is 65.7 cm³/mol. The van der Waals surface area contributed by atoms with Crippen molar-refractivity contribution in [1.82, 2.24) is 5.32 Å². The molecule has 0 aromatic heterocycles. The molecule has 3 nitrogen and oxygen atoms in total. The van der Waals surface area contributed by atoms with Crippen molar-refractivity contribution in [1.29, 1.82) is 0 Å². The van der Waals surface area contributed by atoms with Gasteiger partial charge in [-0.05, 0) is 31.6 Å². The van der Waals surface area contributed by atoms with E-state index < -0.39 is 5.38 Å². The molecule has 4 heteroatoms. The summed E-state index contributed by atoms with van der Waals surface area (Å²) in [5.74, 6) is -0.0993. The number of hydrogen-bond donors (Lipinski definition) is 1. The summed E-state index contributed by atoms with van der Waals surface area (Å²) in [6.45, 7) is 7.59. The van der Waals surface area contributed by atoms with E-state index in [1.54, 1.807) is 6.92 Å². The van der Waals surface area contributed by atoms with Crippen LogP contribution in [0.15, 0.2) is 0 Å². The van der Waals surface area contributed by atoms with Crippen LogP contribution in [0.25, 0.3) is 0 Å². The van der Waals surface area contributed by atoms with Crippen molar-refractivity contribution in [3.63, 3.8) is 0 Å². The Labute approximate surface area is 103 Å². The minimum absolute atomic E-state index is 0.0993. The summed E-state index contributed by atoms with van der Waals surface area (Å²) >= 11 is 5.64. The third-order valence-electron chi connectivity index (χ3n) is 2.98. The van der Waals surface area contributed by atoms with Crippen molar-refractivity contribution in [2.24, 2.45) is 5.41 Å². The van der Waals surface area contributed by atoms with E-state index in [0.29, 0.717) is 18.1 Å². The molecule has 1 saturated heterocycles. The SMILES string of the molecule is CC(Cl)C(=O)NCCC1CCC(C)(C)CO1. The minimum atomic E-state index is -0.453. The highest BCUT2D eigenvalue weighted by molar-refractivity contribution is 6.30. The number of nitrogens with one attached hydrogen (secondary N) is 1. The number of rotatable bonds is 4. The average Bonchev–Trinajstić information content (AvgIpc) is 2.20. The summed E-state index contributed by atoms with van der Waals surface area (Å²) in [6.07, 6.45) is 3.45. The largest absolute Gasteiger partial charge is 0.378 e. The smallest absolute Gasteiger partial charge is 0.237 e. The molecule has 0 saturated carbocycles. The van der Waals surface area contributed by atoms with Gasteiger partial charge in [-0.25, -0.2) is 0 Å². The van der Waals surface area contributed by atoms with Crippen molar-refractivity contribution in [2.75, 3.05) is 13.2 Å². The fourth-order valence-electron chi connectivity index (χ4n) is 1.78. The van der Waals surface area contributed by atoms with E-state index in [1.165, 1.54) is 6.42 Å². The average molecular weight is 248 g/mol. The van der Waals surface area contributed by atoms with Gasteiger partial charge in [-0.1, -0.05) is 13.8 Å². The van der Waals surface area contributed by atoms with E-state index in [-0.39, 0.29) is 5.91 Å². The number of hydrogen-bond acceptors (Lipinski definition) is 2. The molecular formula is C12H22ClNO2. The first-order chi connectivity index (χ1) is 7.41. The van der Waals surface area contributed by atoms with Crippen LogP contribution in [0.1, 0.15) is 40.0 Å². The Morgan fingerprint density at radius 3 is 2.81 bits per heavy atom. The summed E-state index contributed by atoms with van der Waals surface area (Å²) in [5, 5.41) is 2.35. The molecule has 1 rings (SSSR count). The molecule has 2 atom stereocenters. The van der Waals surface area contributed by atoms with Crippen molar-refractivity contribution in [3.05, 3.63) is 0 Å². The number of halogens is 1. The molecule has 1 heterocycles. The second kappa shape index (κ2) is 5.87. The molecule has 1 N–H and O–H groups in total. The summed E-state index contributed by atoms with van der Waals surface area (Å²) in [5.41, 5.74) is 0.310. The van der Waals surface area contributed by atoms with E-state index in [0.717, 1.165) is 19.4 Å². The van der Waals surface area contributed by atoms with E-state index in [4.69, 9.17) is 16.3 Å². The molecule has 1 aliphatic rings. The van der Waals surface area contributed by atoms with E-state index in [9.17, 15) is 4.79 Å². The second-order valence-corrected chi connectivity index (χ2v) is 5.99. The zero-order chi connectivity index (χ0) is 12.2. The maximum atomic E-state index is 11.2. The lowest BCUT2D eigenvalue weighted by molar-refractivity contribution is -0.120. The van der Waals surface area contributed by atoms with Crippen LogP contribution in [0, 0.1) is 5.41 Å². The van der Waals surface area contributed by atoms with Gasteiger partial charge >= 0.3 is 0 Å². The monoisotopic (exact) mass is 247 g/mol. The maximum absolute atomic E-state index is 11.2. The number of carbonyl (C=O) groups is 1. The van der Waals surface area contributed by atoms with E-state index >= 15 is 0 Å². The molecule has 0 spiro atoms. The number of amides is 1. The standard InChI is InChI=1S/C12H22ClNO2/c1-9(13)11(15)14-7-5-10-4-6-12(2,3)8-16-10/h9-10H,4-8H2,1-3H3,(H,14,15). The number of carbonyl (C=O) groups excluding carboxylic acids is 1. The summed E-state index contributed by atoms with van der Waals surface area (Å²) in [6, 6.07) is 0. The molecule has 0 aromatic carbocycles. The van der Waals surface area contributed by atoms with Crippen LogP contribution in [-0.4, -0.2) is 30.5 Å². The van der Waals surface area contributed by atoms with Crippen LogP contribution in [0.2, 0.25) is 0 Å². The molecule has 0 radical (unpaired) electrons. The predicted octanol–water partition coefficient (Wildman–Crippen LogP) is 2.33. The Hall–Kier alpha value is -0.280. The van der Waals surface area contributed by atoms with Gasteiger partial charge < -0.3 is 10.1 Å². The number of ether oxygens (including phenoxy) is 1. The molecule has 1 amide bonds. The van der Waals surface area contributed by atoms with Gasteiger partial charge in [-0.2, -0.15) is 0 Å². The normalized spacial score (nSPS) is 26.1. The lowest BCUT2D eigenvalue weighted by Crippen LogP contribution is -2.36. The Morgan fingerprint density at radius 1 is 1.62 bits per heavy atom. The summed E-state index contributed by atoms with van der Waals surface area (Å²) in [7, 11) is 0. The van der Waals surface area contributed by atoms with Gasteiger partial charge in [0.2, 0.25) is 5.91 Å². The van der Waals surface area contributed by atoms with E-state index in [2.05, 4.69) is 19.2 Å². The summed E-state index contributed by atoms with van der Waals surface area (Å²) < 4.78 is 5.75. The molecule has 2 unspecified atom stereocenters. The highest BCUT2D eigenvalue weighted by atomic mass is 35.5. The Kier molecular flexibility index (Phi) is 5.06. The molecule has 94 valence electrons. The lowest BCUT2D eigenvalue weighted by atomic mass is 9.85. The summed E-state index contributed by atoms with van der Waals surface area (Å²) in [4.78, 5) is 11.2. The third kappa shape index (κ3) is 4.71. The van der Waals surface area contributed by atoms with Gasteiger partial charge in [0.1, 0.15) is 5.38 Å². The van der Waals surface area contributed by atoms with E-state index in [1.807, 2.05) is 0 Å². The van der Waals surface area contributed by atoms with Crippen LogP contribution in [0.4, 0.5) is 0 Å². The third-order valence-corrected chi connectivity index (χ3v) is 3.18. The van der Waals surface area contributed by atoms with Crippen molar-refractivity contribution >= 4 is 17.5 Å². The highest BCUT2D eigenvalue weighted by Gasteiger charge is 2.27. The van der Waals surface area contributed by atoms with Crippen molar-refractivity contribution in [3.8, 4) is 0 Å². The van der Waals surface area contributed by atoms with Gasteiger partial charge in [0.05, 0.1) is 12.7 Å². The van der Waals surface area contributed by atoms with Crippen LogP contribution < -0.4 is 5.32 Å². The fraction of sp³-hybridized carbons (Fsp3) is 0.917. The Bertz CT molecular complexity index is 231. The van der Waals surface area contributed by atoms with Crippen molar-refractivity contribution in [2.45, 2.75) is 51.5 Å². The lowest BCUT2D eigenvalue weighted by Gasteiger charge is -2.34. The molecule has 0 bridgehead atoms. The Balaban J connectivity index is 2.13. The highest BCUT2D eigenvalue weighted by Crippen LogP contribution is 2.30. The fourth-order valence-corrected chi connectivity index (χ4v) is 1.85. The molecule has 0 aromatic rings. The second-order valence-electron chi connectivity index (χ2n) is 5.33. The Morgan fingerprint density at radius 2 is 2.31 bits per heavy atom. The topological polar surface area (TPSA) is 38.3 Å². The maximum Gasteiger partial charge on any atom is 0.237 e. The van der Waals surface area contributed by atoms with Crippen LogP contribution in [0.3, 0.4) is 0 Å². The van der Waals surface area contributed by atoms with Crippen LogP contribution in [0.5, 0.6) is 0 Å². The van der Waals surface area contributed by atoms with Gasteiger partial charge in [-0.3, -0.25) is 4.79 Å². The first kappa shape index (κ1) is 13.8. The molecule has 0 aliphatic carbocycles. The minimum Gasteiger partial charge on any atom is -0.378 e. The zero-order valence-electron chi connectivity index (χ0n) is 10.4. The van der Waals surface area contributed by atoms with Gasteiger partial charge in [-0.15, -0.1) is 11.6 Å². The quantitative estimate of drug-likeness (QED) is 0.775. The van der Waals surface area contributed by atoms with Gasteiger partial charge in [0.15, 0.2) is 0 Å². The first-order valence-corrected chi connectivity index (χ1v) is 6.38. The van der Waals surface area contributed by atoms with Gasteiger partial charge in [0.25, 0.3) is 0 Å². The molecular weight excluding hydrogens is 226 g/mol. The van der Waals surface area contributed by atoms with Crippen LogP contribution >= 0.6 is 11.6 Å². The molecule has 1 fully saturated rings. The van der Waals surface area contributed by atoms with Crippen molar-refractivity contribution < 1.29 is 9.53 Å². The molecule has 1 aliphatic heterocycles. The first-order valence-electron chi connectivity index (χ1n) is 5.94. The zero-order valence-corrected chi connectivity index (χ0v) is 11.1. The number of alkyl halides is 1. The van der Waals surface area contributed by atoms with Crippen LogP contribution in [-0.2, 0) is 9.53 Å². The molecule has 16 heavy (non-hydrogen) atoms. The van der Waals surface area contributed by atoms with Gasteiger partial charge in [0, 0.05) is 6.54 Å².